The Bertz CT molecular complexity index is 1180. The monoisotopic (exact) mass is 342 g/mol. The molecule has 2 heteroatoms. The average molecular weight is 342 g/mol. The van der Waals surface area contributed by atoms with Crippen LogP contribution < -0.4 is 10.2 Å². The number of ether oxygens (including phenoxy) is 1. The van der Waals surface area contributed by atoms with Crippen LogP contribution in [0.15, 0.2) is 91.0 Å². The maximum atomic E-state index is 6.29. The number of para-hydroxylation sites is 1. The van der Waals surface area contributed by atoms with Crippen molar-refractivity contribution >= 4 is 13.3 Å². The van der Waals surface area contributed by atoms with Crippen molar-refractivity contribution in [3.05, 3.63) is 113 Å². The summed E-state index contributed by atoms with van der Waals surface area (Å²) in [6, 6.07) is 31.7. The predicted molar refractivity (Wildman–Crippen MR) is 109 cm³/mol. The van der Waals surface area contributed by atoms with E-state index < -0.39 is 5.41 Å². The molecular formula is C25H15BO. The Morgan fingerprint density at radius 3 is 1.81 bits per heavy atom. The van der Waals surface area contributed by atoms with E-state index in [2.05, 4.69) is 72.8 Å². The van der Waals surface area contributed by atoms with Gasteiger partial charge in [0.15, 0.2) is 0 Å². The first-order valence-electron chi connectivity index (χ1n) is 9.17. The predicted octanol–water partition coefficient (Wildman–Crippen LogP) is 4.95. The molecule has 1 nitrogen and oxygen atoms in total. The SMILES string of the molecule is [B]c1ccc2c(c1)C1(c3ccccc3O2)c2ccccc2-c2ccccc21. The molecule has 2 aliphatic rings. The van der Waals surface area contributed by atoms with Crippen molar-refractivity contribution in [2.45, 2.75) is 5.41 Å². The van der Waals surface area contributed by atoms with E-state index in [1.807, 2.05) is 18.2 Å². The molecule has 0 N–H and O–H groups in total. The third-order valence-corrected chi connectivity index (χ3v) is 5.87. The maximum Gasteiger partial charge on any atom is 0.132 e. The van der Waals surface area contributed by atoms with E-state index in [0.717, 1.165) is 22.5 Å². The summed E-state index contributed by atoms with van der Waals surface area (Å²) in [6.45, 7) is 0. The molecule has 4 aromatic rings. The Morgan fingerprint density at radius 1 is 0.556 bits per heavy atom. The molecular weight excluding hydrogens is 327 g/mol. The molecule has 0 amide bonds. The Balaban J connectivity index is 1.86. The lowest BCUT2D eigenvalue weighted by atomic mass is 9.65. The van der Waals surface area contributed by atoms with E-state index in [0.29, 0.717) is 0 Å². The third kappa shape index (κ3) is 1.75. The lowest BCUT2D eigenvalue weighted by molar-refractivity contribution is 0.436. The molecule has 0 unspecified atom stereocenters. The number of rotatable bonds is 0. The van der Waals surface area contributed by atoms with Gasteiger partial charge >= 0.3 is 0 Å². The second kappa shape index (κ2) is 5.14. The van der Waals surface area contributed by atoms with Gasteiger partial charge in [0.05, 0.1) is 5.41 Å². The van der Waals surface area contributed by atoms with E-state index in [1.54, 1.807) is 0 Å². The topological polar surface area (TPSA) is 9.23 Å². The quantitative estimate of drug-likeness (QED) is 0.355. The highest BCUT2D eigenvalue weighted by molar-refractivity contribution is 6.32. The second-order valence-electron chi connectivity index (χ2n) is 7.19. The molecule has 2 radical (unpaired) electrons. The van der Waals surface area contributed by atoms with Crippen molar-refractivity contribution in [1.82, 2.24) is 0 Å². The van der Waals surface area contributed by atoms with Crippen molar-refractivity contribution in [2.24, 2.45) is 0 Å². The van der Waals surface area contributed by atoms with Gasteiger partial charge in [-0.15, -0.1) is 0 Å². The van der Waals surface area contributed by atoms with Crippen molar-refractivity contribution in [3.63, 3.8) is 0 Å². The molecule has 124 valence electrons. The van der Waals surface area contributed by atoms with Gasteiger partial charge in [-0.25, -0.2) is 0 Å². The fourth-order valence-electron chi connectivity index (χ4n) is 4.87. The molecule has 0 saturated carbocycles. The summed E-state index contributed by atoms with van der Waals surface area (Å²) in [7, 11) is 6.24. The molecule has 27 heavy (non-hydrogen) atoms. The third-order valence-electron chi connectivity index (χ3n) is 5.87. The van der Waals surface area contributed by atoms with E-state index >= 15 is 0 Å². The summed E-state index contributed by atoms with van der Waals surface area (Å²) in [5.74, 6) is 1.77. The molecule has 6 rings (SSSR count). The van der Waals surface area contributed by atoms with E-state index in [1.165, 1.54) is 27.8 Å². The highest BCUT2D eigenvalue weighted by Gasteiger charge is 2.50. The largest absolute Gasteiger partial charge is 0.457 e. The molecule has 1 spiro atoms. The zero-order valence-corrected chi connectivity index (χ0v) is 14.6. The van der Waals surface area contributed by atoms with Crippen LogP contribution in [0, 0.1) is 0 Å². The number of fused-ring (bicyclic) bond motifs is 9. The van der Waals surface area contributed by atoms with Gasteiger partial charge in [0.1, 0.15) is 19.3 Å². The summed E-state index contributed by atoms with van der Waals surface area (Å²) in [4.78, 5) is 0. The molecule has 1 aliphatic carbocycles. The molecule has 0 bridgehead atoms. The molecule has 1 aliphatic heterocycles. The summed E-state index contributed by atoms with van der Waals surface area (Å²) >= 11 is 0. The van der Waals surface area contributed by atoms with E-state index in [-0.39, 0.29) is 0 Å². The standard InChI is InChI=1S/C25H15BO/c26-16-13-14-24-22(15-16)25(21-11-5-6-12-23(21)27-24)19-9-3-1-7-17(19)18-8-2-4-10-20(18)25/h1-15H. The number of hydrogen-bond donors (Lipinski definition) is 0. The van der Waals surface area contributed by atoms with Crippen molar-refractivity contribution in [1.29, 1.82) is 0 Å². The van der Waals surface area contributed by atoms with Crippen LogP contribution in [0.5, 0.6) is 11.5 Å². The summed E-state index contributed by atoms with van der Waals surface area (Å²) < 4.78 is 6.29. The van der Waals surface area contributed by atoms with Crippen LogP contribution in [0.4, 0.5) is 0 Å². The van der Waals surface area contributed by atoms with Crippen LogP contribution in [-0.2, 0) is 5.41 Å². The minimum absolute atomic E-state index is 0.410. The zero-order chi connectivity index (χ0) is 18.0. The van der Waals surface area contributed by atoms with Gasteiger partial charge in [0, 0.05) is 11.1 Å². The Morgan fingerprint density at radius 2 is 1.11 bits per heavy atom. The highest BCUT2D eigenvalue weighted by atomic mass is 16.5. The van der Waals surface area contributed by atoms with E-state index in [4.69, 9.17) is 12.6 Å². The fourth-order valence-corrected chi connectivity index (χ4v) is 4.87. The van der Waals surface area contributed by atoms with Crippen LogP contribution in [0.1, 0.15) is 22.3 Å². The van der Waals surface area contributed by atoms with Crippen LogP contribution >= 0.6 is 0 Å². The average Bonchev–Trinajstić information content (AvgIpc) is 3.01. The maximum absolute atomic E-state index is 6.29. The van der Waals surface area contributed by atoms with Gasteiger partial charge in [-0.05, 0) is 34.4 Å². The Kier molecular flexibility index (Phi) is 2.83. The minimum atomic E-state index is -0.410. The first-order chi connectivity index (χ1) is 13.3. The molecule has 0 atom stereocenters. The number of benzene rings is 4. The first kappa shape index (κ1) is 14.9. The fraction of sp³-hybridized carbons (Fsp3) is 0.0400. The van der Waals surface area contributed by atoms with Crippen LogP contribution in [0.2, 0.25) is 0 Å². The molecule has 0 fully saturated rings. The zero-order valence-electron chi connectivity index (χ0n) is 14.6. The van der Waals surface area contributed by atoms with Gasteiger partial charge in [-0.2, -0.15) is 0 Å². The normalized spacial score (nSPS) is 14.7. The lowest BCUT2D eigenvalue weighted by Gasteiger charge is -2.39. The first-order valence-corrected chi connectivity index (χ1v) is 9.17. The molecule has 0 aromatic heterocycles. The van der Waals surface area contributed by atoms with Gasteiger partial charge < -0.3 is 4.74 Å². The molecule has 0 saturated heterocycles. The van der Waals surface area contributed by atoms with Gasteiger partial charge in [0.25, 0.3) is 0 Å². The minimum Gasteiger partial charge on any atom is -0.457 e. The lowest BCUT2D eigenvalue weighted by Crippen LogP contribution is -2.33. The van der Waals surface area contributed by atoms with Crippen molar-refractivity contribution in [3.8, 4) is 22.6 Å². The Labute approximate surface area is 159 Å². The molecule has 1 heterocycles. The summed E-state index contributed by atoms with van der Waals surface area (Å²) in [5, 5.41) is 0. The van der Waals surface area contributed by atoms with Crippen LogP contribution in [-0.4, -0.2) is 7.85 Å². The van der Waals surface area contributed by atoms with E-state index in [9.17, 15) is 0 Å². The van der Waals surface area contributed by atoms with Crippen LogP contribution in [0.25, 0.3) is 11.1 Å². The van der Waals surface area contributed by atoms with Gasteiger partial charge in [-0.1, -0.05) is 84.3 Å². The number of hydrogen-bond acceptors (Lipinski definition) is 1. The van der Waals surface area contributed by atoms with Crippen molar-refractivity contribution in [2.75, 3.05) is 0 Å². The van der Waals surface area contributed by atoms with Crippen LogP contribution in [0.3, 0.4) is 0 Å². The molecule has 4 aromatic carbocycles. The highest BCUT2D eigenvalue weighted by Crippen LogP contribution is 2.61. The second-order valence-corrected chi connectivity index (χ2v) is 7.19. The summed E-state index contributed by atoms with van der Waals surface area (Å²) in [6.07, 6.45) is 0. The van der Waals surface area contributed by atoms with Gasteiger partial charge in [-0.3, -0.25) is 0 Å². The van der Waals surface area contributed by atoms with Gasteiger partial charge in [0.2, 0.25) is 0 Å². The Hall–Kier alpha value is -3.26. The summed E-state index contributed by atoms with van der Waals surface area (Å²) in [5.41, 5.74) is 7.74. The van der Waals surface area contributed by atoms with Crippen molar-refractivity contribution < 1.29 is 4.74 Å². The smallest absolute Gasteiger partial charge is 0.132 e.